The number of aliphatic carboxylic acids is 1. The summed E-state index contributed by atoms with van der Waals surface area (Å²) in [4.78, 5) is 21.2. The highest BCUT2D eigenvalue weighted by Crippen LogP contribution is 2.49. The van der Waals surface area contributed by atoms with Gasteiger partial charge in [-0.05, 0) is 18.1 Å². The molecule has 0 bridgehead atoms. The zero-order chi connectivity index (χ0) is 10.5. The summed E-state index contributed by atoms with van der Waals surface area (Å²) >= 11 is 0. The SMILES string of the molecule is C=CC(=O)CCS(C)(Cl)CC(=O)O. The molecule has 1 unspecified atom stereocenters. The lowest BCUT2D eigenvalue weighted by molar-refractivity contribution is -0.134. The van der Waals surface area contributed by atoms with E-state index in [0.717, 1.165) is 0 Å². The highest BCUT2D eigenvalue weighted by atomic mass is 35.7. The maximum atomic E-state index is 10.8. The third-order valence-electron chi connectivity index (χ3n) is 1.43. The molecule has 0 aromatic heterocycles. The average molecular weight is 225 g/mol. The van der Waals surface area contributed by atoms with Crippen LogP contribution in [0.15, 0.2) is 12.7 Å². The van der Waals surface area contributed by atoms with Crippen LogP contribution in [-0.4, -0.2) is 34.6 Å². The largest absolute Gasteiger partial charge is 0.481 e. The van der Waals surface area contributed by atoms with Crippen molar-refractivity contribution in [1.82, 2.24) is 0 Å². The van der Waals surface area contributed by atoms with Crippen LogP contribution in [-0.2, 0) is 9.59 Å². The Morgan fingerprint density at radius 1 is 1.62 bits per heavy atom. The van der Waals surface area contributed by atoms with E-state index >= 15 is 0 Å². The summed E-state index contributed by atoms with van der Waals surface area (Å²) in [7, 11) is 4.27. The number of carbonyl (C=O) groups excluding carboxylic acids is 1. The molecule has 1 N–H and O–H groups in total. The van der Waals surface area contributed by atoms with Crippen molar-refractivity contribution < 1.29 is 14.7 Å². The standard InChI is InChI=1S/C8H13ClO3S/c1-3-7(10)4-5-13(2,9)6-8(11)12/h3H,1,4-6H2,2H3,(H,11,12). The van der Waals surface area contributed by atoms with Gasteiger partial charge in [-0.1, -0.05) is 17.3 Å². The third-order valence-corrected chi connectivity index (χ3v) is 4.12. The Morgan fingerprint density at radius 2 is 2.15 bits per heavy atom. The van der Waals surface area contributed by atoms with Gasteiger partial charge in [0.05, 0.1) is 5.75 Å². The highest BCUT2D eigenvalue weighted by molar-refractivity contribution is 8.51. The Bertz CT molecular complexity index is 225. The molecule has 0 aliphatic heterocycles. The van der Waals surface area contributed by atoms with Gasteiger partial charge in [-0.2, -0.15) is 9.24 Å². The van der Waals surface area contributed by atoms with Crippen LogP contribution in [0.25, 0.3) is 0 Å². The van der Waals surface area contributed by atoms with Gasteiger partial charge in [-0.25, -0.2) is 0 Å². The van der Waals surface area contributed by atoms with Crippen LogP contribution in [0.2, 0.25) is 0 Å². The molecule has 3 nitrogen and oxygen atoms in total. The molecule has 0 aromatic carbocycles. The minimum absolute atomic E-state index is 0.0566. The predicted molar refractivity (Wildman–Crippen MR) is 56.6 cm³/mol. The fourth-order valence-corrected chi connectivity index (χ4v) is 2.54. The van der Waals surface area contributed by atoms with Crippen LogP contribution in [0.4, 0.5) is 0 Å². The molecular weight excluding hydrogens is 212 g/mol. The second-order valence-electron chi connectivity index (χ2n) is 2.82. The molecule has 0 aliphatic carbocycles. The van der Waals surface area contributed by atoms with Crippen LogP contribution in [0.1, 0.15) is 6.42 Å². The molecule has 0 amide bonds. The van der Waals surface area contributed by atoms with E-state index < -0.39 is 15.2 Å². The van der Waals surface area contributed by atoms with Crippen LogP contribution in [0.3, 0.4) is 0 Å². The number of allylic oxidation sites excluding steroid dienone is 1. The Labute approximate surface area is 83.6 Å². The number of hydrogen-bond donors (Lipinski definition) is 1. The number of carboxylic acid groups (broad SMARTS) is 1. The second kappa shape index (κ2) is 5.29. The van der Waals surface area contributed by atoms with Gasteiger partial charge in [0.1, 0.15) is 0 Å². The predicted octanol–water partition coefficient (Wildman–Crippen LogP) is 1.80. The Kier molecular flexibility index (Phi) is 5.10. The molecule has 0 aromatic rings. The summed E-state index contributed by atoms with van der Waals surface area (Å²) < 4.78 is 0. The number of carboxylic acids is 1. The zero-order valence-corrected chi connectivity index (χ0v) is 9.03. The maximum Gasteiger partial charge on any atom is 0.313 e. The lowest BCUT2D eigenvalue weighted by Gasteiger charge is -2.24. The number of hydrogen-bond acceptors (Lipinski definition) is 2. The molecule has 0 saturated heterocycles. The summed E-state index contributed by atoms with van der Waals surface area (Å²) in [6.07, 6.45) is 3.21. The van der Waals surface area contributed by atoms with Gasteiger partial charge in [0.15, 0.2) is 5.78 Å². The first kappa shape index (κ1) is 12.5. The molecule has 13 heavy (non-hydrogen) atoms. The van der Waals surface area contributed by atoms with Gasteiger partial charge in [0.2, 0.25) is 0 Å². The minimum Gasteiger partial charge on any atom is -0.481 e. The quantitative estimate of drug-likeness (QED) is 0.700. The van der Waals surface area contributed by atoms with Crippen LogP contribution in [0, 0.1) is 0 Å². The van der Waals surface area contributed by atoms with E-state index in [2.05, 4.69) is 6.58 Å². The molecule has 0 fully saturated rings. The molecule has 0 heterocycles. The molecule has 1 atom stereocenters. The van der Waals surface area contributed by atoms with Crippen LogP contribution >= 0.6 is 19.9 Å². The van der Waals surface area contributed by atoms with E-state index in [9.17, 15) is 9.59 Å². The summed E-state index contributed by atoms with van der Waals surface area (Å²) in [6.45, 7) is 3.32. The first-order valence-electron chi connectivity index (χ1n) is 3.68. The molecule has 0 aliphatic rings. The molecule has 0 rings (SSSR count). The summed E-state index contributed by atoms with van der Waals surface area (Å²) in [5.41, 5.74) is 0. The molecule has 0 saturated carbocycles. The summed E-state index contributed by atoms with van der Waals surface area (Å²) in [5, 5.41) is 8.50. The third kappa shape index (κ3) is 6.66. The fourth-order valence-electron chi connectivity index (χ4n) is 0.745. The maximum absolute atomic E-state index is 10.8. The molecular formula is C8H13ClO3S. The van der Waals surface area contributed by atoms with Crippen molar-refractivity contribution in [2.24, 2.45) is 0 Å². The van der Waals surface area contributed by atoms with Crippen LogP contribution in [0.5, 0.6) is 0 Å². The highest BCUT2D eigenvalue weighted by Gasteiger charge is 2.19. The van der Waals surface area contributed by atoms with E-state index in [0.29, 0.717) is 5.75 Å². The summed E-state index contributed by atoms with van der Waals surface area (Å²) in [6, 6.07) is 0. The van der Waals surface area contributed by atoms with Gasteiger partial charge < -0.3 is 5.11 Å². The first-order valence-corrected chi connectivity index (χ1v) is 6.88. The molecule has 5 heteroatoms. The second-order valence-corrected chi connectivity index (χ2v) is 8.06. The normalized spacial score (nSPS) is 17.1. The van der Waals surface area contributed by atoms with E-state index in [-0.39, 0.29) is 18.0 Å². The van der Waals surface area contributed by atoms with Crippen molar-refractivity contribution in [3.63, 3.8) is 0 Å². The van der Waals surface area contributed by atoms with Crippen molar-refractivity contribution in [3.8, 4) is 0 Å². The van der Waals surface area contributed by atoms with Crippen molar-refractivity contribution in [3.05, 3.63) is 12.7 Å². The summed E-state index contributed by atoms with van der Waals surface area (Å²) in [5.74, 6) is -0.631. The van der Waals surface area contributed by atoms with E-state index in [4.69, 9.17) is 15.8 Å². The molecule has 76 valence electrons. The number of rotatable bonds is 6. The fraction of sp³-hybridized carbons (Fsp3) is 0.500. The van der Waals surface area contributed by atoms with E-state index in [1.54, 1.807) is 6.26 Å². The Morgan fingerprint density at radius 3 is 2.54 bits per heavy atom. The zero-order valence-electron chi connectivity index (χ0n) is 7.46. The number of halogens is 1. The topological polar surface area (TPSA) is 54.4 Å². The molecule has 0 radical (unpaired) electrons. The van der Waals surface area contributed by atoms with Crippen molar-refractivity contribution in [2.75, 3.05) is 17.8 Å². The van der Waals surface area contributed by atoms with Gasteiger partial charge >= 0.3 is 5.97 Å². The van der Waals surface area contributed by atoms with Gasteiger partial charge in [0, 0.05) is 6.42 Å². The Hall–Kier alpha value is -0.480. The average Bonchev–Trinajstić information content (AvgIpc) is 1.98. The van der Waals surface area contributed by atoms with Gasteiger partial charge in [-0.15, -0.1) is 0 Å². The number of ketones is 1. The van der Waals surface area contributed by atoms with Crippen molar-refractivity contribution >= 4 is 31.7 Å². The van der Waals surface area contributed by atoms with Crippen LogP contribution < -0.4 is 0 Å². The first-order chi connectivity index (χ1) is 5.87. The lowest BCUT2D eigenvalue weighted by Crippen LogP contribution is -2.12. The molecule has 0 spiro atoms. The van der Waals surface area contributed by atoms with E-state index in [1.165, 1.54) is 6.08 Å². The van der Waals surface area contributed by atoms with Gasteiger partial charge in [0.25, 0.3) is 0 Å². The Balaban J connectivity index is 3.95. The van der Waals surface area contributed by atoms with E-state index in [1.807, 2.05) is 0 Å². The van der Waals surface area contributed by atoms with Crippen molar-refractivity contribution in [1.29, 1.82) is 0 Å². The van der Waals surface area contributed by atoms with Gasteiger partial charge in [-0.3, -0.25) is 9.59 Å². The smallest absolute Gasteiger partial charge is 0.313 e. The van der Waals surface area contributed by atoms with Crippen molar-refractivity contribution in [2.45, 2.75) is 6.42 Å². The lowest BCUT2D eigenvalue weighted by atomic mass is 10.3. The monoisotopic (exact) mass is 224 g/mol. The minimum atomic E-state index is -1.68. The number of carbonyl (C=O) groups is 2.